The Morgan fingerprint density at radius 2 is 1.18 bits per heavy atom. The van der Waals surface area contributed by atoms with E-state index in [1.54, 1.807) is 0 Å². The van der Waals surface area contributed by atoms with Gasteiger partial charge in [0.25, 0.3) is 0 Å². The van der Waals surface area contributed by atoms with E-state index in [9.17, 15) is 0 Å². The van der Waals surface area contributed by atoms with Gasteiger partial charge in [0.05, 0.1) is 21.1 Å². The van der Waals surface area contributed by atoms with Crippen LogP contribution in [-0.2, 0) is 0 Å². The van der Waals surface area contributed by atoms with Crippen LogP contribution in [0.5, 0.6) is 0 Å². The molecule has 0 bridgehead atoms. The summed E-state index contributed by atoms with van der Waals surface area (Å²) in [5, 5.41) is 25.4. The number of aromatic nitrogens is 4. The number of halogens is 2. The number of H-pyrrole nitrogens is 2. The van der Waals surface area contributed by atoms with Crippen LogP contribution in [0.1, 0.15) is 45.4 Å². The molecule has 1 saturated carbocycles. The van der Waals surface area contributed by atoms with Crippen molar-refractivity contribution in [3.63, 3.8) is 0 Å². The Balaban J connectivity index is 0.000000159. The Kier molecular flexibility index (Phi) is 9.69. The second-order valence-electron chi connectivity index (χ2n) is 11.4. The molecule has 6 aromatic rings. The fourth-order valence-electron chi connectivity index (χ4n) is 5.90. The average molecular weight is 626 g/mol. The first kappa shape index (κ1) is 30.0. The van der Waals surface area contributed by atoms with Crippen molar-refractivity contribution in [2.75, 3.05) is 23.7 Å². The Bertz CT molecular complexity index is 1810. The summed E-state index contributed by atoms with van der Waals surface area (Å²) < 4.78 is 0. The summed E-state index contributed by atoms with van der Waals surface area (Å²) in [6.45, 7) is 4.04. The summed E-state index contributed by atoms with van der Waals surface area (Å²) in [5.41, 5.74) is 6.25. The molecule has 6 nitrogen and oxygen atoms in total. The molecule has 7 rings (SSSR count). The number of nitrogens with zero attached hydrogens (tertiary/aromatic N) is 2. The lowest BCUT2D eigenvalue weighted by molar-refractivity contribution is 0.373. The summed E-state index contributed by atoms with van der Waals surface area (Å²) in [6.07, 6.45) is 7.84. The molecule has 226 valence electrons. The van der Waals surface area contributed by atoms with Gasteiger partial charge >= 0.3 is 0 Å². The van der Waals surface area contributed by atoms with Gasteiger partial charge in [-0.25, -0.2) is 0 Å². The quantitative estimate of drug-likeness (QED) is 0.136. The molecule has 0 amide bonds. The number of anilines is 2. The first-order valence-corrected chi connectivity index (χ1v) is 16.3. The van der Waals surface area contributed by atoms with E-state index < -0.39 is 0 Å². The van der Waals surface area contributed by atoms with E-state index in [0.29, 0.717) is 0 Å². The topological polar surface area (TPSA) is 81.4 Å². The molecule has 1 fully saturated rings. The van der Waals surface area contributed by atoms with Crippen LogP contribution in [0.25, 0.3) is 44.1 Å². The fourth-order valence-corrected chi connectivity index (χ4v) is 6.44. The highest BCUT2D eigenvalue weighted by Crippen LogP contribution is 2.35. The Morgan fingerprint density at radius 3 is 1.68 bits per heavy atom. The van der Waals surface area contributed by atoms with E-state index in [4.69, 9.17) is 23.2 Å². The largest absolute Gasteiger partial charge is 0.368 e. The molecule has 0 atom stereocenters. The minimum atomic E-state index is 0.731. The van der Waals surface area contributed by atoms with E-state index in [0.717, 1.165) is 91.2 Å². The van der Waals surface area contributed by atoms with Crippen LogP contribution >= 0.6 is 23.2 Å². The molecule has 1 aliphatic carbocycles. The summed E-state index contributed by atoms with van der Waals surface area (Å²) in [5.74, 6) is 2.59. The van der Waals surface area contributed by atoms with Gasteiger partial charge < -0.3 is 10.6 Å². The normalized spacial score (nSPS) is 13.5. The van der Waals surface area contributed by atoms with Gasteiger partial charge in [0.2, 0.25) is 0 Å². The van der Waals surface area contributed by atoms with Crippen molar-refractivity contribution in [1.82, 2.24) is 20.4 Å². The number of hydrogen-bond acceptors (Lipinski definition) is 4. The second kappa shape index (κ2) is 14.2. The molecule has 4 aromatic carbocycles. The number of hydrogen-bond donors (Lipinski definition) is 4. The van der Waals surface area contributed by atoms with Gasteiger partial charge in [0.1, 0.15) is 0 Å². The van der Waals surface area contributed by atoms with Crippen LogP contribution in [0, 0.1) is 5.92 Å². The highest BCUT2D eigenvalue weighted by Gasteiger charge is 2.16. The smallest absolute Gasteiger partial charge is 0.155 e. The molecule has 44 heavy (non-hydrogen) atoms. The monoisotopic (exact) mass is 624 g/mol. The Morgan fingerprint density at radius 1 is 0.682 bits per heavy atom. The zero-order valence-corrected chi connectivity index (χ0v) is 26.5. The lowest BCUT2D eigenvalue weighted by Gasteiger charge is -2.21. The Hall–Kier alpha value is -4.00. The highest BCUT2D eigenvalue weighted by molar-refractivity contribution is 6.34. The van der Waals surface area contributed by atoms with Gasteiger partial charge in [-0.05, 0) is 60.6 Å². The number of fused-ring (bicyclic) bond motifs is 2. The van der Waals surface area contributed by atoms with Gasteiger partial charge in [-0.1, -0.05) is 110 Å². The third-order valence-electron chi connectivity index (χ3n) is 8.30. The zero-order valence-electron chi connectivity index (χ0n) is 25.0. The average Bonchev–Trinajstić information content (AvgIpc) is 3.66. The van der Waals surface area contributed by atoms with E-state index in [2.05, 4.69) is 74.4 Å². The summed E-state index contributed by atoms with van der Waals surface area (Å²) in [4.78, 5) is 0. The zero-order chi connectivity index (χ0) is 30.3. The van der Waals surface area contributed by atoms with Crippen molar-refractivity contribution >= 4 is 56.6 Å². The van der Waals surface area contributed by atoms with Crippen LogP contribution in [0.2, 0.25) is 10.0 Å². The van der Waals surface area contributed by atoms with Crippen molar-refractivity contribution in [3.05, 3.63) is 95.0 Å². The minimum absolute atomic E-state index is 0.731. The van der Waals surface area contributed by atoms with Gasteiger partial charge in [-0.3, -0.25) is 10.2 Å². The second-order valence-corrected chi connectivity index (χ2v) is 12.3. The molecular weight excluding hydrogens is 587 g/mol. The van der Waals surface area contributed by atoms with Gasteiger partial charge in [0.15, 0.2) is 11.6 Å². The Labute approximate surface area is 268 Å². The predicted molar refractivity (Wildman–Crippen MR) is 187 cm³/mol. The lowest BCUT2D eigenvalue weighted by atomic mass is 9.89. The van der Waals surface area contributed by atoms with Crippen molar-refractivity contribution in [1.29, 1.82) is 0 Å². The van der Waals surface area contributed by atoms with E-state index >= 15 is 0 Å². The molecule has 8 heteroatoms. The van der Waals surface area contributed by atoms with Crippen LogP contribution in [0.3, 0.4) is 0 Å². The molecule has 0 aliphatic heterocycles. The van der Waals surface area contributed by atoms with Crippen molar-refractivity contribution in [2.24, 2.45) is 5.92 Å². The molecule has 0 radical (unpaired) electrons. The van der Waals surface area contributed by atoms with E-state index in [-0.39, 0.29) is 0 Å². The number of rotatable bonds is 8. The van der Waals surface area contributed by atoms with Gasteiger partial charge in [0, 0.05) is 35.0 Å². The van der Waals surface area contributed by atoms with Crippen molar-refractivity contribution in [2.45, 2.75) is 45.4 Å². The number of aromatic amines is 2. The minimum Gasteiger partial charge on any atom is -0.368 e. The molecule has 0 spiro atoms. The van der Waals surface area contributed by atoms with Crippen LogP contribution < -0.4 is 10.6 Å². The van der Waals surface area contributed by atoms with Crippen LogP contribution in [-0.4, -0.2) is 33.5 Å². The van der Waals surface area contributed by atoms with Gasteiger partial charge in [-0.15, -0.1) is 0 Å². The summed E-state index contributed by atoms with van der Waals surface area (Å²) >= 11 is 12.9. The van der Waals surface area contributed by atoms with E-state index in [1.807, 2.05) is 48.5 Å². The fraction of sp³-hybridized carbons (Fsp3) is 0.278. The molecular formula is C36H38Cl2N6. The maximum Gasteiger partial charge on any atom is 0.155 e. The standard InChI is InChI=1S/C20H22ClN3.C16H16ClN3/c21-18-12-19-17(11-16(18)15-9-5-2-6-10-15)20(24-23-19)22-13-14-7-3-1-4-8-14;1-2-8-18-16-13-9-12(11-6-4-3-5-7-11)14(17)10-15(13)19-20-16/h2,5-6,9-12,14H,1,3-4,7-8,13H2,(H2,22,23,24);3-7,9-10H,2,8H2,1H3,(H2,18,19,20). The maximum atomic E-state index is 6.48. The summed E-state index contributed by atoms with van der Waals surface area (Å²) in [6, 6.07) is 28.6. The molecule has 1 aliphatic rings. The first-order chi connectivity index (χ1) is 21.6. The molecule has 0 saturated heterocycles. The lowest BCUT2D eigenvalue weighted by Crippen LogP contribution is -2.17. The SMILES string of the molecule is CCCNc1n[nH]c2cc(Cl)c(-c3ccccc3)cc12.Clc1cc2[nH]nc(NCC3CCCCC3)c2cc1-c1ccccc1. The summed E-state index contributed by atoms with van der Waals surface area (Å²) in [7, 11) is 0. The third-order valence-corrected chi connectivity index (χ3v) is 8.92. The predicted octanol–water partition coefficient (Wildman–Crippen LogP) is 10.6. The molecule has 0 unspecified atom stereocenters. The van der Waals surface area contributed by atoms with Crippen LogP contribution in [0.15, 0.2) is 84.9 Å². The molecule has 4 N–H and O–H groups in total. The van der Waals surface area contributed by atoms with Crippen LogP contribution in [0.4, 0.5) is 11.6 Å². The van der Waals surface area contributed by atoms with Crippen molar-refractivity contribution < 1.29 is 0 Å². The third kappa shape index (κ3) is 6.87. The van der Waals surface area contributed by atoms with Gasteiger partial charge in [-0.2, -0.15) is 10.2 Å². The highest BCUT2D eigenvalue weighted by atomic mass is 35.5. The van der Waals surface area contributed by atoms with Crippen molar-refractivity contribution in [3.8, 4) is 22.3 Å². The van der Waals surface area contributed by atoms with E-state index in [1.165, 1.54) is 32.1 Å². The number of benzene rings is 4. The maximum absolute atomic E-state index is 6.48. The first-order valence-electron chi connectivity index (χ1n) is 15.5. The molecule has 2 heterocycles. The molecule has 2 aromatic heterocycles. The number of nitrogens with one attached hydrogen (secondary N) is 4.